The highest BCUT2D eigenvalue weighted by atomic mass is 32.2. The molecule has 2 rings (SSSR count). The number of ketones is 1. The van der Waals surface area contributed by atoms with E-state index in [1.165, 1.54) is 10.5 Å². The Kier molecular flexibility index (Phi) is 2.16. The molecule has 1 heterocycles. The van der Waals surface area contributed by atoms with Gasteiger partial charge in [0.1, 0.15) is 0 Å². The molecule has 0 bridgehead atoms. The maximum atomic E-state index is 11.1. The summed E-state index contributed by atoms with van der Waals surface area (Å²) in [5.41, 5.74) is 2.23. The lowest BCUT2D eigenvalue weighted by Gasteiger charge is -2.03. The summed E-state index contributed by atoms with van der Waals surface area (Å²) >= 11 is 1.86. The van der Waals surface area contributed by atoms with Crippen LogP contribution in [0.25, 0.3) is 0 Å². The Bertz CT molecular complexity index is 357. The molecule has 1 aliphatic heterocycles. The third-order valence-corrected chi connectivity index (χ3v) is 3.77. The number of benzene rings is 1. The second-order valence-corrected chi connectivity index (χ2v) is 4.58. The smallest absolute Gasteiger partial charge is 0.159 e. The lowest BCUT2D eigenvalue weighted by molar-refractivity contribution is 0.101. The maximum Gasteiger partial charge on any atom is 0.159 e. The summed E-state index contributed by atoms with van der Waals surface area (Å²) in [7, 11) is 0. The summed E-state index contributed by atoms with van der Waals surface area (Å²) in [6.45, 7) is 3.84. The molecule has 0 fully saturated rings. The number of Topliss-reactive ketones (excluding diaryl/α,β-unsaturated/α-hetero) is 1. The van der Waals surface area contributed by atoms with E-state index in [1.54, 1.807) is 6.92 Å². The molecule has 0 aromatic heterocycles. The van der Waals surface area contributed by atoms with E-state index >= 15 is 0 Å². The molecule has 1 nitrogen and oxygen atoms in total. The highest BCUT2D eigenvalue weighted by Crippen LogP contribution is 2.39. The van der Waals surface area contributed by atoms with Gasteiger partial charge in [-0.2, -0.15) is 0 Å². The van der Waals surface area contributed by atoms with Crippen molar-refractivity contribution in [2.75, 3.05) is 5.75 Å². The maximum absolute atomic E-state index is 11.1. The summed E-state index contributed by atoms with van der Waals surface area (Å²) in [4.78, 5) is 12.4. The first-order valence-corrected chi connectivity index (χ1v) is 5.44. The third-order valence-electron chi connectivity index (χ3n) is 2.44. The summed E-state index contributed by atoms with van der Waals surface area (Å²) in [5.74, 6) is 1.94. The van der Waals surface area contributed by atoms with Gasteiger partial charge in [0, 0.05) is 16.2 Å². The molecule has 0 saturated heterocycles. The molecule has 0 saturated carbocycles. The first-order chi connectivity index (χ1) is 6.18. The summed E-state index contributed by atoms with van der Waals surface area (Å²) < 4.78 is 0. The average molecular weight is 192 g/mol. The fraction of sp³-hybridized carbons (Fsp3) is 0.364. The van der Waals surface area contributed by atoms with E-state index in [4.69, 9.17) is 0 Å². The molecular weight excluding hydrogens is 180 g/mol. The van der Waals surface area contributed by atoms with Crippen LogP contribution in [-0.2, 0) is 0 Å². The van der Waals surface area contributed by atoms with Crippen molar-refractivity contribution in [1.29, 1.82) is 0 Å². The van der Waals surface area contributed by atoms with Crippen LogP contribution in [-0.4, -0.2) is 11.5 Å². The number of carbonyl (C=O) groups is 1. The molecule has 0 spiro atoms. The van der Waals surface area contributed by atoms with Crippen LogP contribution in [0.2, 0.25) is 0 Å². The van der Waals surface area contributed by atoms with Gasteiger partial charge < -0.3 is 0 Å². The Balaban J connectivity index is 2.45. The summed E-state index contributed by atoms with van der Waals surface area (Å²) in [6.07, 6.45) is 0. The zero-order chi connectivity index (χ0) is 9.42. The lowest BCUT2D eigenvalue weighted by Crippen LogP contribution is -1.94. The molecule has 68 valence electrons. The van der Waals surface area contributed by atoms with E-state index in [0.29, 0.717) is 5.92 Å². The van der Waals surface area contributed by atoms with Crippen LogP contribution in [0.4, 0.5) is 0 Å². The topological polar surface area (TPSA) is 17.1 Å². The average Bonchev–Trinajstić information content (AvgIpc) is 2.47. The minimum absolute atomic E-state index is 0.156. The van der Waals surface area contributed by atoms with Gasteiger partial charge in [-0.15, -0.1) is 11.8 Å². The van der Waals surface area contributed by atoms with Gasteiger partial charge in [0.25, 0.3) is 0 Å². The monoisotopic (exact) mass is 192 g/mol. The van der Waals surface area contributed by atoms with Crippen LogP contribution < -0.4 is 0 Å². The fourth-order valence-corrected chi connectivity index (χ4v) is 2.85. The number of rotatable bonds is 1. The summed E-state index contributed by atoms with van der Waals surface area (Å²) in [6, 6.07) is 6.05. The summed E-state index contributed by atoms with van der Waals surface area (Å²) in [5, 5.41) is 0. The number of hydrogen-bond donors (Lipinski definition) is 0. The Morgan fingerprint density at radius 3 is 3.00 bits per heavy atom. The van der Waals surface area contributed by atoms with Gasteiger partial charge >= 0.3 is 0 Å². The molecule has 0 N–H and O–H groups in total. The molecule has 1 aromatic carbocycles. The lowest BCUT2D eigenvalue weighted by atomic mass is 10.0. The predicted molar refractivity (Wildman–Crippen MR) is 55.6 cm³/mol. The van der Waals surface area contributed by atoms with E-state index in [9.17, 15) is 4.79 Å². The molecule has 1 unspecified atom stereocenters. The van der Waals surface area contributed by atoms with E-state index in [1.807, 2.05) is 23.9 Å². The minimum Gasteiger partial charge on any atom is -0.295 e. The van der Waals surface area contributed by atoms with Crippen molar-refractivity contribution in [3.63, 3.8) is 0 Å². The molecule has 0 radical (unpaired) electrons. The Morgan fingerprint density at radius 2 is 2.31 bits per heavy atom. The Labute approximate surface area is 82.5 Å². The Morgan fingerprint density at radius 1 is 1.54 bits per heavy atom. The standard InChI is InChI=1S/C11H12OS/c1-7-6-13-11-5-9(8(2)12)3-4-10(7)11/h3-5,7H,6H2,1-2H3. The van der Waals surface area contributed by atoms with E-state index in [0.717, 1.165) is 11.3 Å². The van der Waals surface area contributed by atoms with Crippen molar-refractivity contribution < 1.29 is 4.79 Å². The SMILES string of the molecule is CC(=O)c1ccc2c(c1)SCC2C. The normalized spacial score (nSPS) is 20.0. The van der Waals surface area contributed by atoms with Gasteiger partial charge in [0.15, 0.2) is 5.78 Å². The van der Waals surface area contributed by atoms with Gasteiger partial charge in [-0.1, -0.05) is 19.1 Å². The van der Waals surface area contributed by atoms with Gasteiger partial charge in [-0.05, 0) is 24.5 Å². The first kappa shape index (κ1) is 8.82. The second-order valence-electron chi connectivity index (χ2n) is 3.52. The van der Waals surface area contributed by atoms with Gasteiger partial charge in [0.2, 0.25) is 0 Å². The van der Waals surface area contributed by atoms with Crippen molar-refractivity contribution in [3.8, 4) is 0 Å². The minimum atomic E-state index is 0.156. The van der Waals surface area contributed by atoms with E-state index in [-0.39, 0.29) is 5.78 Å². The van der Waals surface area contributed by atoms with Crippen molar-refractivity contribution in [2.24, 2.45) is 0 Å². The number of carbonyl (C=O) groups excluding carboxylic acids is 1. The quantitative estimate of drug-likeness (QED) is 0.636. The highest BCUT2D eigenvalue weighted by Gasteiger charge is 2.19. The van der Waals surface area contributed by atoms with Gasteiger partial charge in [-0.3, -0.25) is 4.79 Å². The Hall–Kier alpha value is -0.760. The predicted octanol–water partition coefficient (Wildman–Crippen LogP) is 3.10. The first-order valence-electron chi connectivity index (χ1n) is 4.46. The molecule has 1 atom stereocenters. The molecule has 1 aromatic rings. The molecule has 2 heteroatoms. The van der Waals surface area contributed by atoms with Crippen LogP contribution >= 0.6 is 11.8 Å². The number of thioether (sulfide) groups is 1. The van der Waals surface area contributed by atoms with Crippen molar-refractivity contribution in [3.05, 3.63) is 29.3 Å². The van der Waals surface area contributed by atoms with Gasteiger partial charge in [-0.25, -0.2) is 0 Å². The zero-order valence-electron chi connectivity index (χ0n) is 7.83. The molecular formula is C11H12OS. The zero-order valence-corrected chi connectivity index (χ0v) is 8.65. The molecule has 0 amide bonds. The van der Waals surface area contributed by atoms with Crippen LogP contribution in [0, 0.1) is 0 Å². The molecule has 13 heavy (non-hydrogen) atoms. The highest BCUT2D eigenvalue weighted by molar-refractivity contribution is 7.99. The van der Waals surface area contributed by atoms with Gasteiger partial charge in [0.05, 0.1) is 0 Å². The van der Waals surface area contributed by atoms with Crippen LogP contribution in [0.1, 0.15) is 35.7 Å². The second kappa shape index (κ2) is 3.18. The fourth-order valence-electron chi connectivity index (χ4n) is 1.59. The van der Waals surface area contributed by atoms with Crippen molar-refractivity contribution in [1.82, 2.24) is 0 Å². The van der Waals surface area contributed by atoms with Crippen LogP contribution in [0.3, 0.4) is 0 Å². The largest absolute Gasteiger partial charge is 0.295 e. The van der Waals surface area contributed by atoms with Crippen LogP contribution in [0.5, 0.6) is 0 Å². The van der Waals surface area contributed by atoms with Crippen molar-refractivity contribution >= 4 is 17.5 Å². The third kappa shape index (κ3) is 1.51. The van der Waals surface area contributed by atoms with Crippen molar-refractivity contribution in [2.45, 2.75) is 24.7 Å². The van der Waals surface area contributed by atoms with Crippen LogP contribution in [0.15, 0.2) is 23.1 Å². The number of fused-ring (bicyclic) bond motifs is 1. The molecule has 0 aliphatic carbocycles. The van der Waals surface area contributed by atoms with E-state index in [2.05, 4.69) is 13.0 Å². The van der Waals surface area contributed by atoms with E-state index < -0.39 is 0 Å². The molecule has 1 aliphatic rings. The number of hydrogen-bond acceptors (Lipinski definition) is 2.